The SMILES string of the molecule is COc1ccc(C(NCCCC[C@H](NC(=O)C[C@H](Cc2ccc(F)cc2)NC(=O)CCC(=O)NCCCO)C(=O)Nc2ccc(CO)cc2)(c2ccccc2)c2ccccc2)cc1. The zero-order chi connectivity index (χ0) is 44.9. The minimum Gasteiger partial charge on any atom is -0.497 e. The Kier molecular flexibility index (Phi) is 18.8. The molecule has 0 bridgehead atoms. The molecule has 0 radical (unpaired) electrons. The molecule has 63 heavy (non-hydrogen) atoms. The van der Waals surface area contributed by atoms with Gasteiger partial charge in [0.1, 0.15) is 17.6 Å². The number of nitrogens with one attached hydrogen (secondary N) is 5. The van der Waals surface area contributed by atoms with Crippen LogP contribution in [0.25, 0.3) is 0 Å². The molecule has 0 fully saturated rings. The Bertz CT molecular complexity index is 2130. The molecule has 0 spiro atoms. The van der Waals surface area contributed by atoms with Crippen molar-refractivity contribution in [2.75, 3.05) is 32.1 Å². The molecule has 0 aliphatic heterocycles. The lowest BCUT2D eigenvalue weighted by atomic mass is 9.77. The van der Waals surface area contributed by atoms with E-state index in [4.69, 9.17) is 9.84 Å². The van der Waals surface area contributed by atoms with Crippen molar-refractivity contribution < 1.29 is 38.5 Å². The van der Waals surface area contributed by atoms with Crippen molar-refractivity contribution in [3.8, 4) is 5.75 Å². The maximum absolute atomic E-state index is 13.9. The number of anilines is 1. The Hall–Kier alpha value is -6.41. The van der Waals surface area contributed by atoms with Crippen LogP contribution in [0.4, 0.5) is 10.1 Å². The van der Waals surface area contributed by atoms with E-state index in [0.717, 1.165) is 22.4 Å². The quantitative estimate of drug-likeness (QED) is 0.0280. The molecular weight excluding hydrogens is 802 g/mol. The topological polar surface area (TPSA) is 178 Å². The first-order valence-corrected chi connectivity index (χ1v) is 21.4. The normalized spacial score (nSPS) is 12.1. The molecule has 0 unspecified atom stereocenters. The number of carbonyl (C=O) groups is 4. The highest BCUT2D eigenvalue weighted by Crippen LogP contribution is 2.37. The van der Waals surface area contributed by atoms with Crippen LogP contribution in [0.1, 0.15) is 72.8 Å². The summed E-state index contributed by atoms with van der Waals surface area (Å²) in [4.78, 5) is 53.0. The number of aliphatic hydroxyl groups is 2. The van der Waals surface area contributed by atoms with Gasteiger partial charge in [0, 0.05) is 44.1 Å². The Morgan fingerprint density at radius 1 is 0.651 bits per heavy atom. The summed E-state index contributed by atoms with van der Waals surface area (Å²) in [5.74, 6) is -1.38. The summed E-state index contributed by atoms with van der Waals surface area (Å²) in [6.07, 6.45) is 1.66. The number of aliphatic hydroxyl groups excluding tert-OH is 2. The van der Waals surface area contributed by atoms with Gasteiger partial charge in [-0.1, -0.05) is 97.1 Å². The van der Waals surface area contributed by atoms with E-state index in [0.29, 0.717) is 49.0 Å². The number of ether oxygens (including phenoxy) is 1. The summed E-state index contributed by atoms with van der Waals surface area (Å²) in [6, 6.07) is 39.2. The predicted octanol–water partition coefficient (Wildman–Crippen LogP) is 5.90. The first-order chi connectivity index (χ1) is 30.6. The van der Waals surface area contributed by atoms with E-state index >= 15 is 0 Å². The molecule has 0 saturated heterocycles. The summed E-state index contributed by atoms with van der Waals surface area (Å²) in [5.41, 5.74) is 4.23. The second-order valence-corrected chi connectivity index (χ2v) is 15.3. The van der Waals surface area contributed by atoms with Crippen LogP contribution in [0, 0.1) is 5.82 Å². The second kappa shape index (κ2) is 24.9. The summed E-state index contributed by atoms with van der Waals surface area (Å²) >= 11 is 0. The molecule has 0 heterocycles. The van der Waals surface area contributed by atoms with Crippen LogP contribution < -0.4 is 31.3 Å². The first-order valence-electron chi connectivity index (χ1n) is 21.4. The Balaban J connectivity index is 1.31. The van der Waals surface area contributed by atoms with Gasteiger partial charge >= 0.3 is 0 Å². The number of carbonyl (C=O) groups excluding carboxylic acids is 4. The molecule has 2 atom stereocenters. The highest BCUT2D eigenvalue weighted by atomic mass is 19.1. The Morgan fingerprint density at radius 3 is 1.86 bits per heavy atom. The van der Waals surface area contributed by atoms with Crippen LogP contribution in [0.2, 0.25) is 0 Å². The average molecular weight is 860 g/mol. The fourth-order valence-corrected chi connectivity index (χ4v) is 7.44. The van der Waals surface area contributed by atoms with E-state index in [1.54, 1.807) is 43.5 Å². The van der Waals surface area contributed by atoms with Gasteiger partial charge in [0.25, 0.3) is 0 Å². The molecule has 12 nitrogen and oxygen atoms in total. The van der Waals surface area contributed by atoms with Crippen molar-refractivity contribution in [1.29, 1.82) is 0 Å². The number of unbranched alkanes of at least 4 members (excludes halogenated alkanes) is 1. The highest BCUT2D eigenvalue weighted by molar-refractivity contribution is 5.97. The highest BCUT2D eigenvalue weighted by Gasteiger charge is 2.36. The third kappa shape index (κ3) is 14.6. The number of amides is 4. The average Bonchev–Trinajstić information content (AvgIpc) is 3.31. The van der Waals surface area contributed by atoms with Crippen LogP contribution in [-0.4, -0.2) is 72.7 Å². The summed E-state index contributed by atoms with van der Waals surface area (Å²) in [5, 5.41) is 33.7. The zero-order valence-corrected chi connectivity index (χ0v) is 35.7. The van der Waals surface area contributed by atoms with Crippen LogP contribution in [-0.2, 0) is 37.7 Å². The molecule has 0 aromatic heterocycles. The van der Waals surface area contributed by atoms with E-state index in [1.807, 2.05) is 48.5 Å². The van der Waals surface area contributed by atoms with Crippen molar-refractivity contribution in [2.45, 2.75) is 75.6 Å². The molecule has 0 saturated carbocycles. The van der Waals surface area contributed by atoms with E-state index < -0.39 is 41.2 Å². The Labute approximate surface area is 368 Å². The van der Waals surface area contributed by atoms with Crippen molar-refractivity contribution >= 4 is 29.3 Å². The molecule has 5 aromatic carbocycles. The standard InChI is InChI=1S/C50H58FN5O7/c1-63-44-26-20-40(21-27-44)50(38-11-4-2-5-12-38,39-13-6-3-7-14-39)53-31-9-8-15-45(49(62)55-42-24-18-37(35-58)19-25-42)56-48(61)34-43(33-36-16-22-41(51)23-17-36)54-47(60)29-28-46(59)52-30-10-32-57/h2-7,11-14,16-27,43,45,53,57-58H,8-10,15,28-35H2,1H3,(H,52,59)(H,54,60)(H,55,62)(H,56,61)/t43-,45-/m0/s1. The maximum atomic E-state index is 13.9. The number of methoxy groups -OCH3 is 1. The minimum absolute atomic E-state index is 0.0686. The fourth-order valence-electron chi connectivity index (χ4n) is 7.44. The van der Waals surface area contributed by atoms with Crippen LogP contribution in [0.3, 0.4) is 0 Å². The predicted molar refractivity (Wildman–Crippen MR) is 241 cm³/mol. The zero-order valence-electron chi connectivity index (χ0n) is 35.7. The van der Waals surface area contributed by atoms with Gasteiger partial charge in [-0.2, -0.15) is 0 Å². The fraction of sp³-hybridized carbons (Fsp3) is 0.320. The number of hydrogen-bond donors (Lipinski definition) is 7. The monoisotopic (exact) mass is 859 g/mol. The number of halogens is 1. The van der Waals surface area contributed by atoms with Crippen molar-refractivity contribution in [3.05, 3.63) is 167 Å². The van der Waals surface area contributed by atoms with Gasteiger partial charge in [0.05, 0.1) is 19.3 Å². The molecule has 7 N–H and O–H groups in total. The van der Waals surface area contributed by atoms with Gasteiger partial charge < -0.3 is 36.2 Å². The molecule has 4 amide bonds. The van der Waals surface area contributed by atoms with E-state index in [2.05, 4.69) is 63.0 Å². The smallest absolute Gasteiger partial charge is 0.246 e. The van der Waals surface area contributed by atoms with Crippen LogP contribution in [0.5, 0.6) is 5.75 Å². The lowest BCUT2D eigenvalue weighted by Gasteiger charge is -2.37. The van der Waals surface area contributed by atoms with Gasteiger partial charge in [-0.25, -0.2) is 4.39 Å². The lowest BCUT2D eigenvalue weighted by molar-refractivity contribution is -0.128. The van der Waals surface area contributed by atoms with Crippen molar-refractivity contribution in [1.82, 2.24) is 21.3 Å². The van der Waals surface area contributed by atoms with Crippen LogP contribution in [0.15, 0.2) is 133 Å². The third-order valence-electron chi connectivity index (χ3n) is 10.7. The first kappa shape index (κ1) is 47.6. The molecule has 0 aliphatic carbocycles. The minimum atomic E-state index is -0.950. The molecular formula is C50H58FN5O7. The molecule has 5 aromatic rings. The van der Waals surface area contributed by atoms with E-state index in [9.17, 15) is 28.7 Å². The Morgan fingerprint density at radius 2 is 1.25 bits per heavy atom. The summed E-state index contributed by atoms with van der Waals surface area (Å²) in [6.45, 7) is 0.616. The second-order valence-electron chi connectivity index (χ2n) is 15.3. The third-order valence-corrected chi connectivity index (χ3v) is 10.7. The largest absolute Gasteiger partial charge is 0.497 e. The van der Waals surface area contributed by atoms with Gasteiger partial charge in [0.15, 0.2) is 0 Å². The van der Waals surface area contributed by atoms with Crippen molar-refractivity contribution in [2.24, 2.45) is 0 Å². The molecule has 13 heteroatoms. The van der Waals surface area contributed by atoms with Gasteiger partial charge in [-0.15, -0.1) is 0 Å². The van der Waals surface area contributed by atoms with E-state index in [-0.39, 0.29) is 51.3 Å². The number of rotatable bonds is 25. The summed E-state index contributed by atoms with van der Waals surface area (Å²) < 4.78 is 19.2. The number of benzene rings is 5. The number of hydrogen-bond acceptors (Lipinski definition) is 8. The summed E-state index contributed by atoms with van der Waals surface area (Å²) in [7, 11) is 1.64. The van der Waals surface area contributed by atoms with Gasteiger partial charge in [-0.05, 0) is 103 Å². The van der Waals surface area contributed by atoms with Crippen molar-refractivity contribution in [3.63, 3.8) is 0 Å². The molecule has 5 rings (SSSR count). The molecule has 0 aliphatic rings. The lowest BCUT2D eigenvalue weighted by Crippen LogP contribution is -2.47. The van der Waals surface area contributed by atoms with E-state index in [1.165, 1.54) is 12.1 Å². The van der Waals surface area contributed by atoms with Crippen LogP contribution >= 0.6 is 0 Å². The maximum Gasteiger partial charge on any atom is 0.246 e. The van der Waals surface area contributed by atoms with Gasteiger partial charge in [0.2, 0.25) is 23.6 Å². The van der Waals surface area contributed by atoms with Gasteiger partial charge in [-0.3, -0.25) is 24.5 Å². The molecule has 332 valence electrons.